The van der Waals surface area contributed by atoms with Gasteiger partial charge in [-0.3, -0.25) is 4.79 Å². The molecule has 0 N–H and O–H groups in total. The summed E-state index contributed by atoms with van der Waals surface area (Å²) in [7, 11) is 0. The fraction of sp³-hybridized carbons (Fsp3) is 0.0625. The van der Waals surface area contributed by atoms with Crippen LogP contribution < -0.4 is 9.79 Å². The molecule has 0 atom stereocenters. The molecule has 0 bridgehead atoms. The zero-order chi connectivity index (χ0) is 16.2. The molecule has 23 heavy (non-hydrogen) atoms. The van der Waals surface area contributed by atoms with Crippen LogP contribution in [0.4, 0.5) is 0 Å². The Labute approximate surface area is 141 Å². The predicted octanol–water partition coefficient (Wildman–Crippen LogP) is 2.65. The number of halogens is 1. The van der Waals surface area contributed by atoms with Crippen LogP contribution >= 0.6 is 23.4 Å². The lowest BCUT2D eigenvalue weighted by molar-refractivity contribution is -0.672. The van der Waals surface area contributed by atoms with Crippen molar-refractivity contribution in [3.05, 3.63) is 65.3 Å². The molecule has 0 aliphatic heterocycles. The number of benzene rings is 2. The van der Waals surface area contributed by atoms with Crippen molar-refractivity contribution in [1.82, 2.24) is 5.27 Å². The third kappa shape index (κ3) is 3.55. The van der Waals surface area contributed by atoms with E-state index in [1.807, 2.05) is 18.2 Å². The number of carbonyl (C=O) groups excluding carboxylic acids is 1. The van der Waals surface area contributed by atoms with Crippen molar-refractivity contribution < 1.29 is 19.1 Å². The molecular weight excluding hydrogens is 336 g/mol. The summed E-state index contributed by atoms with van der Waals surface area (Å²) in [6, 6.07) is 16.0. The van der Waals surface area contributed by atoms with Crippen molar-refractivity contribution in [2.24, 2.45) is 0 Å². The lowest BCUT2D eigenvalue weighted by Crippen LogP contribution is -2.39. The van der Waals surface area contributed by atoms with E-state index in [2.05, 4.69) is 9.79 Å². The zero-order valence-corrected chi connectivity index (χ0v) is 13.4. The highest BCUT2D eigenvalue weighted by molar-refractivity contribution is 8.00. The molecule has 0 unspecified atom stereocenters. The first-order valence-corrected chi connectivity index (χ1v) is 8.07. The van der Waals surface area contributed by atoms with Crippen molar-refractivity contribution >= 4 is 29.1 Å². The molecule has 3 rings (SSSR count). The van der Waals surface area contributed by atoms with Gasteiger partial charge in [0.05, 0.1) is 11.0 Å². The van der Waals surface area contributed by atoms with Crippen LogP contribution in [0.2, 0.25) is 5.02 Å². The van der Waals surface area contributed by atoms with Crippen LogP contribution in [0, 0.1) is 0 Å². The molecular formula is C16H11ClN2O3S. The number of carbonyl (C=O) groups is 1. The fourth-order valence-corrected chi connectivity index (χ4v) is 2.86. The molecule has 2 aromatic carbocycles. The normalized spacial score (nSPS) is 10.7. The largest absolute Gasteiger partial charge is 0.539 e. The van der Waals surface area contributed by atoms with Crippen LogP contribution in [-0.4, -0.2) is 16.8 Å². The zero-order valence-electron chi connectivity index (χ0n) is 11.8. The maximum absolute atomic E-state index is 12.4. The van der Waals surface area contributed by atoms with Gasteiger partial charge in [0.2, 0.25) is 11.5 Å². The van der Waals surface area contributed by atoms with Gasteiger partial charge < -0.3 is 9.63 Å². The van der Waals surface area contributed by atoms with E-state index in [9.17, 15) is 9.90 Å². The molecule has 0 aliphatic carbocycles. The summed E-state index contributed by atoms with van der Waals surface area (Å²) < 4.78 is 5.88. The Kier molecular flexibility index (Phi) is 4.64. The van der Waals surface area contributed by atoms with Crippen molar-refractivity contribution in [3.8, 4) is 11.6 Å². The lowest BCUT2D eigenvalue weighted by Gasteiger charge is -2.00. The Hall–Kier alpha value is -2.31. The Bertz CT molecular complexity index is 819. The predicted molar refractivity (Wildman–Crippen MR) is 84.0 cm³/mol. The molecule has 0 saturated carbocycles. The maximum atomic E-state index is 12.4. The molecule has 5 nitrogen and oxygen atoms in total. The molecule has 0 aliphatic rings. The number of nitrogens with zero attached hydrogens (tertiary/aromatic N) is 2. The minimum atomic E-state index is -0.740. The molecule has 1 aromatic heterocycles. The highest BCUT2D eigenvalue weighted by atomic mass is 35.5. The van der Waals surface area contributed by atoms with Gasteiger partial charge >= 0.3 is 5.69 Å². The summed E-state index contributed by atoms with van der Waals surface area (Å²) >= 11 is 7.14. The summed E-state index contributed by atoms with van der Waals surface area (Å²) in [5, 5.41) is 16.1. The van der Waals surface area contributed by atoms with E-state index in [0.717, 1.165) is 4.90 Å². The monoisotopic (exact) mass is 346 g/mol. The molecule has 1 heterocycles. The molecule has 7 heteroatoms. The van der Waals surface area contributed by atoms with E-state index in [0.29, 0.717) is 10.7 Å². The second kappa shape index (κ2) is 6.85. The quantitative estimate of drug-likeness (QED) is 0.403. The highest BCUT2D eigenvalue weighted by Crippen LogP contribution is 2.22. The summed E-state index contributed by atoms with van der Waals surface area (Å²) in [6.45, 7) is 0. The Balaban J connectivity index is 1.80. The van der Waals surface area contributed by atoms with Crippen LogP contribution in [0.1, 0.15) is 10.5 Å². The molecule has 3 aromatic rings. The van der Waals surface area contributed by atoms with Crippen molar-refractivity contribution in [3.63, 3.8) is 0 Å². The van der Waals surface area contributed by atoms with Gasteiger partial charge in [-0.05, 0) is 28.9 Å². The lowest BCUT2D eigenvalue weighted by atomic mass is 10.3. The average Bonchev–Trinajstić information content (AvgIpc) is 2.96. The second-order valence-electron chi connectivity index (χ2n) is 4.62. The second-order valence-corrected chi connectivity index (χ2v) is 6.11. The van der Waals surface area contributed by atoms with E-state index in [1.165, 1.54) is 16.4 Å². The minimum Gasteiger partial charge on any atom is -0.539 e. The van der Waals surface area contributed by atoms with Crippen LogP contribution in [-0.2, 0) is 0 Å². The van der Waals surface area contributed by atoms with Crippen molar-refractivity contribution in [2.75, 3.05) is 5.75 Å². The van der Waals surface area contributed by atoms with Gasteiger partial charge in [0, 0.05) is 22.1 Å². The number of para-hydroxylation sites is 1. The van der Waals surface area contributed by atoms with Crippen molar-refractivity contribution in [2.45, 2.75) is 4.90 Å². The van der Waals surface area contributed by atoms with Crippen LogP contribution in [0.5, 0.6) is 5.95 Å². The molecule has 0 saturated heterocycles. The van der Waals surface area contributed by atoms with Crippen LogP contribution in [0.15, 0.2) is 64.0 Å². The SMILES string of the molecule is O=C(CSc1ccc(Cl)cc1)c1c([O-])on[n+]1-c1ccccc1. The van der Waals surface area contributed by atoms with E-state index in [4.69, 9.17) is 11.6 Å². The van der Waals surface area contributed by atoms with Crippen molar-refractivity contribution in [1.29, 1.82) is 0 Å². The van der Waals surface area contributed by atoms with Gasteiger partial charge in [-0.2, -0.15) is 0 Å². The fourth-order valence-electron chi connectivity index (χ4n) is 1.97. The number of thioether (sulfide) groups is 1. The summed E-state index contributed by atoms with van der Waals surface area (Å²) in [6.07, 6.45) is 0. The minimum absolute atomic E-state index is 0.0855. The number of rotatable bonds is 5. The van der Waals surface area contributed by atoms with E-state index in [-0.39, 0.29) is 17.2 Å². The standard InChI is InChI=1S/C16H11ClN2O3S/c17-11-6-8-13(9-7-11)23-10-14(20)15-16(21)22-18-19(15)12-4-2-1-3-5-12/h1-9H,10H2. The van der Waals surface area contributed by atoms with Gasteiger partial charge in [-0.1, -0.05) is 29.8 Å². The molecule has 116 valence electrons. The summed E-state index contributed by atoms with van der Waals surface area (Å²) in [4.78, 5) is 13.3. The van der Waals surface area contributed by atoms with E-state index >= 15 is 0 Å². The average molecular weight is 347 g/mol. The molecule has 0 fully saturated rings. The molecule has 0 radical (unpaired) electrons. The number of aromatic nitrogens is 2. The molecule has 0 spiro atoms. The van der Waals surface area contributed by atoms with Gasteiger partial charge in [-0.15, -0.1) is 11.8 Å². The highest BCUT2D eigenvalue weighted by Gasteiger charge is 2.27. The van der Waals surface area contributed by atoms with E-state index in [1.54, 1.807) is 36.4 Å². The summed E-state index contributed by atoms with van der Waals surface area (Å²) in [5.41, 5.74) is 0.510. The van der Waals surface area contributed by atoms with Crippen LogP contribution in [0.25, 0.3) is 5.69 Å². The van der Waals surface area contributed by atoms with E-state index < -0.39 is 5.95 Å². The third-order valence-corrected chi connectivity index (χ3v) is 4.32. The number of ketones is 1. The smallest absolute Gasteiger partial charge is 0.307 e. The van der Waals surface area contributed by atoms with Gasteiger partial charge in [0.1, 0.15) is 0 Å². The first kappa shape index (κ1) is 15.6. The Morgan fingerprint density at radius 3 is 2.57 bits per heavy atom. The number of hydrogen-bond donors (Lipinski definition) is 0. The number of hydrogen-bond acceptors (Lipinski definition) is 5. The van der Waals surface area contributed by atoms with Crippen LogP contribution in [0.3, 0.4) is 0 Å². The number of Topliss-reactive ketones (excluding diaryl/α,β-unsaturated/α-hetero) is 1. The first-order valence-electron chi connectivity index (χ1n) is 6.71. The summed E-state index contributed by atoms with van der Waals surface area (Å²) in [5.74, 6) is -0.985. The Morgan fingerprint density at radius 1 is 1.17 bits per heavy atom. The van der Waals surface area contributed by atoms with Gasteiger partial charge in [0.15, 0.2) is 5.95 Å². The van der Waals surface area contributed by atoms with Gasteiger partial charge in [0.25, 0.3) is 0 Å². The maximum Gasteiger partial charge on any atom is 0.307 e. The van der Waals surface area contributed by atoms with Gasteiger partial charge in [-0.25, -0.2) is 0 Å². The molecule has 0 amide bonds. The Morgan fingerprint density at radius 2 is 1.87 bits per heavy atom. The first-order chi connectivity index (χ1) is 11.1. The third-order valence-electron chi connectivity index (χ3n) is 3.06. The topological polar surface area (TPSA) is 70.0 Å².